The van der Waals surface area contributed by atoms with Crippen molar-refractivity contribution in [3.63, 3.8) is 0 Å². The largest absolute Gasteiger partial charge is 0.393 e. The van der Waals surface area contributed by atoms with Crippen molar-refractivity contribution in [3.8, 4) is 0 Å². The van der Waals surface area contributed by atoms with Crippen LogP contribution in [0.3, 0.4) is 0 Å². The summed E-state index contributed by atoms with van der Waals surface area (Å²) < 4.78 is 5.06. The highest BCUT2D eigenvalue weighted by Crippen LogP contribution is 2.01. The number of rotatable bonds is 7. The van der Waals surface area contributed by atoms with E-state index in [0.29, 0.717) is 24.7 Å². The summed E-state index contributed by atoms with van der Waals surface area (Å²) in [6.45, 7) is 7.61. The number of carbonyl (C=O) groups excluding carboxylic acids is 1. The summed E-state index contributed by atoms with van der Waals surface area (Å²) in [6.07, 6.45) is 0. The van der Waals surface area contributed by atoms with E-state index in [2.05, 4.69) is 0 Å². The maximum Gasteiger partial charge on any atom is 0.248 e. The van der Waals surface area contributed by atoms with E-state index < -0.39 is 0 Å². The zero-order valence-electron chi connectivity index (χ0n) is 9.66. The van der Waals surface area contributed by atoms with Crippen LogP contribution in [0.2, 0.25) is 0 Å². The fraction of sp³-hybridized carbons (Fsp3) is 0.800. The van der Waals surface area contributed by atoms with Crippen LogP contribution in [-0.2, 0) is 9.53 Å². The second-order valence-electron chi connectivity index (χ2n) is 3.37. The Labute approximate surface area is 96.8 Å². The summed E-state index contributed by atoms with van der Waals surface area (Å²) in [6, 6.07) is 0. The molecule has 5 heteroatoms. The SMILES string of the molecule is CCOCC(=O)N(CC)CC(C)C(N)=S. The van der Waals surface area contributed by atoms with Crippen LogP contribution in [0, 0.1) is 5.92 Å². The molecule has 0 aliphatic heterocycles. The molecule has 4 nitrogen and oxygen atoms in total. The minimum atomic E-state index is -0.0116. The second-order valence-corrected chi connectivity index (χ2v) is 3.84. The number of hydrogen-bond acceptors (Lipinski definition) is 3. The molecule has 0 saturated carbocycles. The topological polar surface area (TPSA) is 55.6 Å². The zero-order chi connectivity index (χ0) is 11.8. The lowest BCUT2D eigenvalue weighted by atomic mass is 10.1. The van der Waals surface area contributed by atoms with Gasteiger partial charge in [0.15, 0.2) is 0 Å². The van der Waals surface area contributed by atoms with Gasteiger partial charge < -0.3 is 15.4 Å². The normalized spacial score (nSPS) is 12.2. The van der Waals surface area contributed by atoms with Crippen LogP contribution in [0.25, 0.3) is 0 Å². The van der Waals surface area contributed by atoms with Gasteiger partial charge in [-0.15, -0.1) is 0 Å². The molecular weight excluding hydrogens is 212 g/mol. The summed E-state index contributed by atoms with van der Waals surface area (Å²) >= 11 is 4.87. The van der Waals surface area contributed by atoms with Gasteiger partial charge in [-0.2, -0.15) is 0 Å². The van der Waals surface area contributed by atoms with Gasteiger partial charge in [-0.3, -0.25) is 4.79 Å². The van der Waals surface area contributed by atoms with E-state index in [9.17, 15) is 4.79 Å². The standard InChI is InChI=1S/C10H20N2O2S/c1-4-12(6-8(3)10(11)15)9(13)7-14-5-2/h8H,4-7H2,1-3H3,(H2,11,15). The highest BCUT2D eigenvalue weighted by molar-refractivity contribution is 7.80. The molecule has 0 bridgehead atoms. The molecule has 2 N–H and O–H groups in total. The first-order valence-electron chi connectivity index (χ1n) is 5.17. The summed E-state index contributed by atoms with van der Waals surface area (Å²) in [5, 5.41) is 0. The van der Waals surface area contributed by atoms with E-state index in [-0.39, 0.29) is 18.4 Å². The van der Waals surface area contributed by atoms with E-state index in [0.717, 1.165) is 0 Å². The highest BCUT2D eigenvalue weighted by Gasteiger charge is 2.15. The Hall–Kier alpha value is -0.680. The monoisotopic (exact) mass is 232 g/mol. The predicted octanol–water partition coefficient (Wildman–Crippen LogP) is 0.794. The van der Waals surface area contributed by atoms with Gasteiger partial charge in [0, 0.05) is 25.6 Å². The Morgan fingerprint density at radius 2 is 2.13 bits per heavy atom. The van der Waals surface area contributed by atoms with E-state index >= 15 is 0 Å². The lowest BCUT2D eigenvalue weighted by Crippen LogP contribution is -2.39. The van der Waals surface area contributed by atoms with Crippen LogP contribution in [0.15, 0.2) is 0 Å². The Kier molecular flexibility index (Phi) is 7.25. The number of hydrogen-bond donors (Lipinski definition) is 1. The van der Waals surface area contributed by atoms with Crippen LogP contribution in [0.1, 0.15) is 20.8 Å². The van der Waals surface area contributed by atoms with Crippen molar-refractivity contribution in [1.82, 2.24) is 4.90 Å². The fourth-order valence-corrected chi connectivity index (χ4v) is 1.18. The van der Waals surface area contributed by atoms with Crippen molar-refractivity contribution in [2.75, 3.05) is 26.3 Å². The number of amides is 1. The third kappa shape index (κ3) is 5.69. The molecule has 0 aliphatic rings. The first kappa shape index (κ1) is 14.3. The molecule has 88 valence electrons. The van der Waals surface area contributed by atoms with Gasteiger partial charge in [0.25, 0.3) is 0 Å². The van der Waals surface area contributed by atoms with Crippen LogP contribution < -0.4 is 5.73 Å². The third-order valence-electron chi connectivity index (χ3n) is 2.14. The maximum atomic E-state index is 11.6. The Bertz CT molecular complexity index is 221. The molecule has 0 spiro atoms. The molecule has 0 aliphatic carbocycles. The number of carbonyl (C=O) groups is 1. The van der Waals surface area contributed by atoms with Crippen molar-refractivity contribution in [3.05, 3.63) is 0 Å². The highest BCUT2D eigenvalue weighted by atomic mass is 32.1. The molecule has 0 radical (unpaired) electrons. The second kappa shape index (κ2) is 7.59. The van der Waals surface area contributed by atoms with E-state index in [1.54, 1.807) is 4.90 Å². The molecular formula is C10H20N2O2S. The molecule has 0 aromatic rings. The number of nitrogens with zero attached hydrogens (tertiary/aromatic N) is 1. The molecule has 0 aromatic carbocycles. The average molecular weight is 232 g/mol. The van der Waals surface area contributed by atoms with E-state index in [1.165, 1.54) is 0 Å². The molecule has 0 fully saturated rings. The molecule has 0 rings (SSSR count). The lowest BCUT2D eigenvalue weighted by Gasteiger charge is -2.23. The van der Waals surface area contributed by atoms with Crippen LogP contribution >= 0.6 is 12.2 Å². The lowest BCUT2D eigenvalue weighted by molar-refractivity contribution is -0.136. The molecule has 1 atom stereocenters. The molecule has 0 saturated heterocycles. The first-order valence-corrected chi connectivity index (χ1v) is 5.58. The van der Waals surface area contributed by atoms with Gasteiger partial charge in [-0.25, -0.2) is 0 Å². The summed E-state index contributed by atoms with van der Waals surface area (Å²) in [4.78, 5) is 13.8. The van der Waals surface area contributed by atoms with Gasteiger partial charge >= 0.3 is 0 Å². The number of nitrogens with two attached hydrogens (primary N) is 1. The van der Waals surface area contributed by atoms with E-state index in [4.69, 9.17) is 22.7 Å². The average Bonchev–Trinajstić information content (AvgIpc) is 2.21. The third-order valence-corrected chi connectivity index (χ3v) is 2.55. The minimum absolute atomic E-state index is 0.0116. The number of ether oxygens (including phenoxy) is 1. The summed E-state index contributed by atoms with van der Waals surface area (Å²) in [5.41, 5.74) is 5.50. The molecule has 1 amide bonds. The van der Waals surface area contributed by atoms with Gasteiger partial charge in [0.2, 0.25) is 5.91 Å². The summed E-state index contributed by atoms with van der Waals surface area (Å²) in [5.74, 6) is 0.0352. The van der Waals surface area contributed by atoms with Crippen LogP contribution in [-0.4, -0.2) is 42.1 Å². The van der Waals surface area contributed by atoms with Crippen molar-refractivity contribution in [1.29, 1.82) is 0 Å². The quantitative estimate of drug-likeness (QED) is 0.660. The van der Waals surface area contributed by atoms with Crippen molar-refractivity contribution in [2.24, 2.45) is 11.7 Å². The Morgan fingerprint density at radius 3 is 2.53 bits per heavy atom. The summed E-state index contributed by atoms with van der Waals surface area (Å²) in [7, 11) is 0. The van der Waals surface area contributed by atoms with Gasteiger partial charge in [0.05, 0.1) is 4.99 Å². The maximum absolute atomic E-state index is 11.6. The molecule has 1 unspecified atom stereocenters. The zero-order valence-corrected chi connectivity index (χ0v) is 10.5. The molecule has 0 aromatic heterocycles. The van der Waals surface area contributed by atoms with Crippen LogP contribution in [0.4, 0.5) is 0 Å². The fourth-order valence-electron chi connectivity index (χ4n) is 1.11. The number of thiocarbonyl (C=S) groups is 1. The molecule has 0 heterocycles. The predicted molar refractivity (Wildman–Crippen MR) is 64.7 cm³/mol. The van der Waals surface area contributed by atoms with Crippen molar-refractivity contribution >= 4 is 23.1 Å². The van der Waals surface area contributed by atoms with Gasteiger partial charge in [0.1, 0.15) is 6.61 Å². The minimum Gasteiger partial charge on any atom is -0.393 e. The van der Waals surface area contributed by atoms with Gasteiger partial charge in [-0.1, -0.05) is 19.1 Å². The molecule has 15 heavy (non-hydrogen) atoms. The van der Waals surface area contributed by atoms with Crippen molar-refractivity contribution in [2.45, 2.75) is 20.8 Å². The van der Waals surface area contributed by atoms with Crippen LogP contribution in [0.5, 0.6) is 0 Å². The van der Waals surface area contributed by atoms with E-state index in [1.807, 2.05) is 20.8 Å². The van der Waals surface area contributed by atoms with Crippen molar-refractivity contribution < 1.29 is 9.53 Å². The van der Waals surface area contributed by atoms with Gasteiger partial charge in [-0.05, 0) is 13.8 Å². The first-order chi connectivity index (χ1) is 7.02. The Balaban J connectivity index is 4.11. The smallest absolute Gasteiger partial charge is 0.248 e. The Morgan fingerprint density at radius 1 is 1.53 bits per heavy atom. The number of likely N-dealkylation sites (N-methyl/N-ethyl adjacent to an activating group) is 1.